The highest BCUT2D eigenvalue weighted by atomic mass is 35.5. The van der Waals surface area contributed by atoms with Crippen LogP contribution < -0.4 is 0 Å². The molecule has 0 aromatic carbocycles. The maximum atomic E-state index is 12.3. The van der Waals surface area contributed by atoms with Gasteiger partial charge in [-0.05, 0) is 12.3 Å². The Balaban J connectivity index is 1.88. The first-order chi connectivity index (χ1) is 9.93. The molecule has 0 aromatic rings. The number of hydrogen-bond donors (Lipinski definition) is 1. The lowest BCUT2D eigenvalue weighted by atomic mass is 9.80. The second-order valence-corrected chi connectivity index (χ2v) is 6.23. The van der Waals surface area contributed by atoms with Crippen molar-refractivity contribution in [1.82, 2.24) is 9.80 Å². The molecule has 1 aliphatic heterocycles. The van der Waals surface area contributed by atoms with Gasteiger partial charge in [-0.25, -0.2) is 4.79 Å². The van der Waals surface area contributed by atoms with Gasteiger partial charge in [0.2, 0.25) is 11.8 Å². The molecule has 0 bridgehead atoms. The molecular formula is C14H21ClN2O4. The number of amides is 2. The van der Waals surface area contributed by atoms with E-state index < -0.39 is 12.0 Å². The number of carbonyl (C=O) groups is 3. The summed E-state index contributed by atoms with van der Waals surface area (Å²) in [5, 5.41) is 9.34. The van der Waals surface area contributed by atoms with Crippen molar-refractivity contribution in [3.63, 3.8) is 0 Å². The molecule has 2 fully saturated rings. The number of alkyl halides is 1. The first kappa shape index (κ1) is 16.1. The Morgan fingerprint density at radius 2 is 1.95 bits per heavy atom. The number of halogens is 1. The van der Waals surface area contributed by atoms with E-state index in [1.165, 1.54) is 9.80 Å². The van der Waals surface area contributed by atoms with E-state index >= 15 is 0 Å². The van der Waals surface area contributed by atoms with Gasteiger partial charge in [-0.15, -0.1) is 11.6 Å². The number of carbonyl (C=O) groups excluding carboxylic acids is 2. The fourth-order valence-electron chi connectivity index (χ4n) is 2.83. The van der Waals surface area contributed by atoms with Crippen molar-refractivity contribution in [2.24, 2.45) is 11.8 Å². The molecule has 0 unspecified atom stereocenters. The molecule has 0 radical (unpaired) electrons. The van der Waals surface area contributed by atoms with Crippen molar-refractivity contribution in [1.29, 1.82) is 0 Å². The molecule has 1 heterocycles. The van der Waals surface area contributed by atoms with Gasteiger partial charge >= 0.3 is 5.97 Å². The SMILES string of the molecule is CN(C(=O)C1CN(C(=O)CCl)C1)[C@@H](CC1CCC1)C(=O)O. The number of carboxylic acids is 1. The molecule has 0 spiro atoms. The van der Waals surface area contributed by atoms with E-state index in [0.29, 0.717) is 25.4 Å². The van der Waals surface area contributed by atoms with Gasteiger partial charge in [0, 0.05) is 20.1 Å². The van der Waals surface area contributed by atoms with Crippen LogP contribution in [0.1, 0.15) is 25.7 Å². The highest BCUT2D eigenvalue weighted by molar-refractivity contribution is 6.27. The minimum absolute atomic E-state index is 0.0871. The van der Waals surface area contributed by atoms with Crippen LogP contribution in [0.15, 0.2) is 0 Å². The summed E-state index contributed by atoms with van der Waals surface area (Å²) in [7, 11) is 1.55. The molecule has 6 nitrogen and oxygen atoms in total. The maximum Gasteiger partial charge on any atom is 0.326 e. The van der Waals surface area contributed by atoms with E-state index in [0.717, 1.165) is 19.3 Å². The van der Waals surface area contributed by atoms with Crippen molar-refractivity contribution >= 4 is 29.4 Å². The molecule has 1 N–H and O–H groups in total. The van der Waals surface area contributed by atoms with Crippen LogP contribution in [0.2, 0.25) is 0 Å². The predicted octanol–water partition coefficient (Wildman–Crippen LogP) is 0.785. The van der Waals surface area contributed by atoms with Crippen LogP contribution in [-0.4, -0.2) is 64.7 Å². The van der Waals surface area contributed by atoms with Crippen LogP contribution in [0, 0.1) is 11.8 Å². The maximum absolute atomic E-state index is 12.3. The zero-order chi connectivity index (χ0) is 15.6. The summed E-state index contributed by atoms with van der Waals surface area (Å²) in [6, 6.07) is -0.763. The number of rotatable bonds is 6. The normalized spacial score (nSPS) is 20.4. The molecule has 21 heavy (non-hydrogen) atoms. The summed E-state index contributed by atoms with van der Waals surface area (Å²) in [6.07, 6.45) is 3.77. The van der Waals surface area contributed by atoms with Crippen molar-refractivity contribution in [2.75, 3.05) is 26.0 Å². The summed E-state index contributed by atoms with van der Waals surface area (Å²) in [5.74, 6) is -1.31. The lowest BCUT2D eigenvalue weighted by molar-refractivity contribution is -0.156. The van der Waals surface area contributed by atoms with Crippen molar-refractivity contribution < 1.29 is 19.5 Å². The topological polar surface area (TPSA) is 77.9 Å². The molecule has 1 saturated carbocycles. The predicted molar refractivity (Wildman–Crippen MR) is 76.9 cm³/mol. The summed E-state index contributed by atoms with van der Waals surface area (Å²) in [5.41, 5.74) is 0. The molecule has 2 amide bonds. The average molecular weight is 317 g/mol. The quantitative estimate of drug-likeness (QED) is 0.735. The van der Waals surface area contributed by atoms with Gasteiger partial charge in [0.05, 0.1) is 5.92 Å². The van der Waals surface area contributed by atoms with Crippen molar-refractivity contribution in [2.45, 2.75) is 31.7 Å². The monoisotopic (exact) mass is 316 g/mol. The second-order valence-electron chi connectivity index (χ2n) is 5.97. The van der Waals surface area contributed by atoms with E-state index in [2.05, 4.69) is 0 Å². The van der Waals surface area contributed by atoms with Crippen LogP contribution in [0.3, 0.4) is 0 Å². The Hall–Kier alpha value is -1.30. The summed E-state index contributed by atoms with van der Waals surface area (Å²) >= 11 is 5.46. The smallest absolute Gasteiger partial charge is 0.326 e. The van der Waals surface area contributed by atoms with Gasteiger partial charge in [0.25, 0.3) is 0 Å². The first-order valence-corrected chi connectivity index (χ1v) is 7.80. The summed E-state index contributed by atoms with van der Waals surface area (Å²) < 4.78 is 0. The molecule has 2 rings (SSSR count). The Bertz CT molecular complexity index is 433. The van der Waals surface area contributed by atoms with Gasteiger partial charge in [-0.2, -0.15) is 0 Å². The highest BCUT2D eigenvalue weighted by Gasteiger charge is 2.40. The summed E-state index contributed by atoms with van der Waals surface area (Å²) in [4.78, 5) is 37.9. The lowest BCUT2D eigenvalue weighted by Gasteiger charge is -2.41. The van der Waals surface area contributed by atoms with E-state index in [1.54, 1.807) is 7.05 Å². The van der Waals surface area contributed by atoms with Gasteiger partial charge in [0.1, 0.15) is 11.9 Å². The third-order valence-corrected chi connectivity index (χ3v) is 4.81. The molecule has 118 valence electrons. The molecule has 1 atom stereocenters. The van der Waals surface area contributed by atoms with Crippen molar-refractivity contribution in [3.8, 4) is 0 Å². The largest absolute Gasteiger partial charge is 0.480 e. The van der Waals surface area contributed by atoms with Crippen LogP contribution in [0.25, 0.3) is 0 Å². The molecule has 1 aliphatic carbocycles. The van der Waals surface area contributed by atoms with Gasteiger partial charge in [-0.1, -0.05) is 19.3 Å². The molecular weight excluding hydrogens is 296 g/mol. The van der Waals surface area contributed by atoms with Gasteiger partial charge < -0.3 is 14.9 Å². The average Bonchev–Trinajstić information content (AvgIpc) is 2.34. The van der Waals surface area contributed by atoms with E-state index in [9.17, 15) is 19.5 Å². The van der Waals surface area contributed by atoms with Gasteiger partial charge in [-0.3, -0.25) is 9.59 Å². The molecule has 1 saturated heterocycles. The Kier molecular flexibility index (Phi) is 5.08. The van der Waals surface area contributed by atoms with Crippen LogP contribution in [-0.2, 0) is 14.4 Å². The highest BCUT2D eigenvalue weighted by Crippen LogP contribution is 2.32. The number of likely N-dealkylation sites (tertiary alicyclic amines) is 1. The summed E-state index contributed by atoms with van der Waals surface area (Å²) in [6.45, 7) is 0.676. The Morgan fingerprint density at radius 1 is 1.33 bits per heavy atom. The first-order valence-electron chi connectivity index (χ1n) is 7.27. The van der Waals surface area contributed by atoms with Crippen LogP contribution in [0.5, 0.6) is 0 Å². The molecule has 2 aliphatic rings. The van der Waals surface area contributed by atoms with Gasteiger partial charge in [0.15, 0.2) is 0 Å². The minimum atomic E-state index is -0.953. The number of nitrogens with zero attached hydrogens (tertiary/aromatic N) is 2. The lowest BCUT2D eigenvalue weighted by Crippen LogP contribution is -2.58. The third kappa shape index (κ3) is 3.48. The van der Waals surface area contributed by atoms with E-state index in [4.69, 9.17) is 11.6 Å². The number of hydrogen-bond acceptors (Lipinski definition) is 3. The van der Waals surface area contributed by atoms with E-state index in [-0.39, 0.29) is 23.6 Å². The van der Waals surface area contributed by atoms with Crippen LogP contribution in [0.4, 0.5) is 0 Å². The number of aliphatic carboxylic acids is 1. The minimum Gasteiger partial charge on any atom is -0.480 e. The number of carboxylic acid groups (broad SMARTS) is 1. The van der Waals surface area contributed by atoms with Crippen molar-refractivity contribution in [3.05, 3.63) is 0 Å². The second kappa shape index (κ2) is 6.64. The molecule has 0 aromatic heterocycles. The standard InChI is InChI=1S/C14H21ClN2O4/c1-16(11(14(20)21)5-9-3-2-4-9)13(19)10-7-17(8-10)12(18)6-15/h9-11H,2-8H2,1H3,(H,20,21)/t11-/m0/s1. The Morgan fingerprint density at radius 3 is 2.38 bits per heavy atom. The van der Waals surface area contributed by atoms with E-state index in [1.807, 2.05) is 0 Å². The fraction of sp³-hybridized carbons (Fsp3) is 0.786. The zero-order valence-electron chi connectivity index (χ0n) is 12.1. The zero-order valence-corrected chi connectivity index (χ0v) is 12.9. The molecule has 7 heteroatoms. The fourth-order valence-corrected chi connectivity index (χ4v) is 3.00. The number of likely N-dealkylation sites (N-methyl/N-ethyl adjacent to an activating group) is 1. The third-order valence-electron chi connectivity index (χ3n) is 4.58. The Labute approximate surface area is 129 Å². The van der Waals surface area contributed by atoms with Crippen LogP contribution >= 0.6 is 11.6 Å².